The number of phenols is 2. The largest absolute Gasteiger partial charge is 0.504 e. The van der Waals surface area contributed by atoms with Gasteiger partial charge in [0, 0.05) is 23.8 Å². The maximum Gasteiger partial charge on any atom is 0.330 e. The number of carbonyl (C=O) groups excluding carboxylic acids is 2. The number of carboxylic acid groups (broad SMARTS) is 1. The van der Waals surface area contributed by atoms with Crippen molar-refractivity contribution in [2.24, 2.45) is 0 Å². The zero-order chi connectivity index (χ0) is 53.0. The Hall–Kier alpha value is -6.70. The maximum absolute atomic E-state index is 13.8. The van der Waals surface area contributed by atoms with Crippen LogP contribution in [0, 0.1) is 0 Å². The van der Waals surface area contributed by atoms with Gasteiger partial charge in [-0.05, 0) is 48.0 Å². The lowest BCUT2D eigenvalue weighted by Crippen LogP contribution is -2.60. The van der Waals surface area contributed by atoms with E-state index in [-0.39, 0.29) is 34.1 Å². The SMILES string of the molecule is COc1cc(C=CC(=O)OC[C@H]2O[C@@H](Oc3cc4oc(-c5ccc(O)c(O[C@@H]6O[C@H](CO)[C@@H](O)[C@H](O)[C@H]6O)c5)c(O[C@@H]5O[C@H](COC(=O)CC(=O)O)[C@@H](O)[C@H](O)[C@H]5O)cc-4c(=O)c3)[C@H](O)[C@@H](O)[C@@H]2O)ccc1O. The summed E-state index contributed by atoms with van der Waals surface area (Å²) in [5.41, 5.74) is -0.850. The molecule has 13 N–H and O–H groups in total. The van der Waals surface area contributed by atoms with E-state index in [2.05, 4.69) is 0 Å². The van der Waals surface area contributed by atoms with Gasteiger partial charge in [0.1, 0.15) is 104 Å². The average Bonchev–Trinajstić information content (AvgIpc) is 3.36. The fraction of sp³-hybridized carbons (Fsp3) is 0.435. The van der Waals surface area contributed by atoms with Gasteiger partial charge in [0.05, 0.1) is 19.3 Å². The Balaban J connectivity index is 1.19. The Bertz CT molecular complexity index is 2650. The zero-order valence-electron chi connectivity index (χ0n) is 37.9. The second-order valence-corrected chi connectivity index (χ2v) is 16.7. The van der Waals surface area contributed by atoms with Gasteiger partial charge in [0.2, 0.25) is 18.9 Å². The van der Waals surface area contributed by atoms with Crippen molar-refractivity contribution < 1.29 is 128 Å². The van der Waals surface area contributed by atoms with Crippen molar-refractivity contribution in [2.75, 3.05) is 26.9 Å². The van der Waals surface area contributed by atoms with Crippen molar-refractivity contribution in [3.8, 4) is 57.1 Å². The van der Waals surface area contributed by atoms with Gasteiger partial charge in [-0.15, -0.1) is 0 Å². The normalized spacial score (nSPS) is 30.4. The van der Waals surface area contributed by atoms with Gasteiger partial charge in [-0.1, -0.05) is 6.07 Å². The van der Waals surface area contributed by atoms with Crippen LogP contribution in [0.25, 0.3) is 28.7 Å². The summed E-state index contributed by atoms with van der Waals surface area (Å²) in [5.74, 6) is -6.39. The van der Waals surface area contributed by atoms with Crippen LogP contribution in [0.1, 0.15) is 12.0 Å². The molecule has 0 amide bonds. The predicted octanol–water partition coefficient (Wildman–Crippen LogP) is -3.34. The topological polar surface area (TPSA) is 427 Å². The van der Waals surface area contributed by atoms with Crippen molar-refractivity contribution in [2.45, 2.75) is 98.5 Å². The summed E-state index contributed by atoms with van der Waals surface area (Å²) >= 11 is 0. The minimum Gasteiger partial charge on any atom is -0.504 e. The van der Waals surface area contributed by atoms with Crippen molar-refractivity contribution in [1.29, 1.82) is 0 Å². The van der Waals surface area contributed by atoms with Gasteiger partial charge in [-0.25, -0.2) is 4.79 Å². The van der Waals surface area contributed by atoms with Gasteiger partial charge < -0.3 is 113 Å². The van der Waals surface area contributed by atoms with E-state index in [1.54, 1.807) is 0 Å². The van der Waals surface area contributed by atoms with Gasteiger partial charge in [0.15, 0.2) is 39.9 Å². The molecule has 396 valence electrons. The minimum atomic E-state index is -2.08. The first-order valence-electron chi connectivity index (χ1n) is 21.9. The molecule has 4 heterocycles. The molecule has 15 atom stereocenters. The molecule has 4 aliphatic heterocycles. The molecule has 0 spiro atoms. The number of esters is 2. The number of carboxylic acids is 1. The summed E-state index contributed by atoms with van der Waals surface area (Å²) in [6.45, 7) is -2.34. The summed E-state index contributed by atoms with van der Waals surface area (Å²) in [5, 5.41) is 135. The van der Waals surface area contributed by atoms with E-state index in [1.165, 1.54) is 37.5 Å². The summed E-state index contributed by atoms with van der Waals surface area (Å²) in [6, 6.07) is 10.6. The standard InChI is InChI=1S/C46H50O27/c1-64-25-8-17(2-5-21(25)48)3-7-32(53)65-15-29-35(56)38(59)40(61)44(72-29)67-19-10-23(50)20-12-27(70-46-42(63)39(60)36(57)30(73-46)16-66-33(54)13-31(51)52)43(68-24(20)11-19)18-4-6-22(49)26(9-18)69-45-41(62)37(58)34(55)28(14-47)71-45/h2-12,28-30,34-42,44-49,55-63H,13-16H2,1H3,(H,51,52)/t28-,29-,30-,34-,35-,36-,37+,38+,39+,40-,41-,42-,44-,45-,46-/m1/s1. The van der Waals surface area contributed by atoms with E-state index < -0.39 is 165 Å². The molecule has 27 heteroatoms. The van der Waals surface area contributed by atoms with E-state index in [0.717, 1.165) is 36.4 Å². The van der Waals surface area contributed by atoms with E-state index in [4.69, 9.17) is 52.2 Å². The van der Waals surface area contributed by atoms with Crippen LogP contribution in [0.3, 0.4) is 0 Å². The van der Waals surface area contributed by atoms with Crippen LogP contribution < -0.4 is 24.4 Å². The average molecular weight is 1030 g/mol. The highest BCUT2D eigenvalue weighted by atomic mass is 16.7. The molecule has 0 bridgehead atoms. The Morgan fingerprint density at radius 1 is 0.616 bits per heavy atom. The highest BCUT2D eigenvalue weighted by Gasteiger charge is 2.48. The fourth-order valence-corrected chi connectivity index (χ4v) is 7.64. The van der Waals surface area contributed by atoms with Crippen molar-refractivity contribution >= 4 is 24.0 Å². The quantitative estimate of drug-likeness (QED) is 0.0279. The second-order valence-electron chi connectivity index (χ2n) is 16.7. The second kappa shape index (κ2) is 23.0. The highest BCUT2D eigenvalue weighted by molar-refractivity contribution is 5.90. The predicted molar refractivity (Wildman–Crippen MR) is 236 cm³/mol. The Morgan fingerprint density at radius 3 is 1.77 bits per heavy atom. The van der Waals surface area contributed by atoms with Crippen molar-refractivity contribution in [3.63, 3.8) is 0 Å². The van der Waals surface area contributed by atoms with E-state index >= 15 is 0 Å². The molecule has 1 aliphatic carbocycles. The van der Waals surface area contributed by atoms with Crippen LogP contribution in [-0.2, 0) is 38.1 Å². The van der Waals surface area contributed by atoms with E-state index in [9.17, 15) is 80.5 Å². The van der Waals surface area contributed by atoms with Crippen LogP contribution in [0.5, 0.6) is 34.5 Å². The molecule has 0 aromatic heterocycles. The smallest absolute Gasteiger partial charge is 0.330 e. The third-order valence-corrected chi connectivity index (χ3v) is 11.6. The lowest BCUT2D eigenvalue weighted by Gasteiger charge is -2.40. The molecule has 5 aliphatic rings. The number of methoxy groups -OCH3 is 1. The number of aliphatic carboxylic acids is 1. The summed E-state index contributed by atoms with van der Waals surface area (Å²) in [7, 11) is 1.33. The third-order valence-electron chi connectivity index (χ3n) is 11.6. The lowest BCUT2D eigenvalue weighted by atomic mass is 9.99. The van der Waals surface area contributed by atoms with Crippen LogP contribution in [0.15, 0.2) is 69.9 Å². The molecule has 73 heavy (non-hydrogen) atoms. The molecule has 2 aromatic carbocycles. The van der Waals surface area contributed by atoms with Crippen LogP contribution in [0.2, 0.25) is 0 Å². The maximum atomic E-state index is 13.8. The minimum absolute atomic E-state index is 0.115. The molecule has 2 aromatic rings. The number of aliphatic hydroxyl groups excluding tert-OH is 10. The Kier molecular flexibility index (Phi) is 17.1. The number of aromatic hydroxyl groups is 2. The summed E-state index contributed by atoms with van der Waals surface area (Å²) < 4.78 is 55.4. The van der Waals surface area contributed by atoms with E-state index in [0.29, 0.717) is 5.56 Å². The zero-order valence-corrected chi connectivity index (χ0v) is 37.9. The number of fused-ring (bicyclic) bond motifs is 1. The van der Waals surface area contributed by atoms with Gasteiger partial charge in [-0.2, -0.15) is 0 Å². The highest BCUT2D eigenvalue weighted by Crippen LogP contribution is 2.43. The van der Waals surface area contributed by atoms with E-state index in [1.807, 2.05) is 0 Å². The third kappa shape index (κ3) is 12.2. The lowest BCUT2D eigenvalue weighted by molar-refractivity contribution is -0.278. The van der Waals surface area contributed by atoms with Gasteiger partial charge in [-0.3, -0.25) is 14.4 Å². The summed E-state index contributed by atoms with van der Waals surface area (Å²) in [6.07, 6.45) is -26.3. The molecule has 3 saturated heterocycles. The first-order valence-corrected chi connectivity index (χ1v) is 21.9. The number of hydrogen-bond acceptors (Lipinski definition) is 26. The Morgan fingerprint density at radius 2 is 1.16 bits per heavy atom. The molecular weight excluding hydrogens is 984 g/mol. The first-order chi connectivity index (χ1) is 34.7. The molecular formula is C46H50O27. The molecule has 27 nitrogen and oxygen atoms in total. The van der Waals surface area contributed by atoms with Gasteiger partial charge >= 0.3 is 17.9 Å². The fourth-order valence-electron chi connectivity index (χ4n) is 7.64. The first kappa shape index (κ1) is 54.1. The molecule has 0 saturated carbocycles. The Labute approximate surface area is 410 Å². The van der Waals surface area contributed by atoms with Crippen molar-refractivity contribution in [1.82, 2.24) is 0 Å². The van der Waals surface area contributed by atoms with Crippen LogP contribution in [-0.4, -0.2) is 203 Å². The van der Waals surface area contributed by atoms with Crippen LogP contribution in [0.4, 0.5) is 0 Å². The monoisotopic (exact) mass is 1030 g/mol. The summed E-state index contributed by atoms with van der Waals surface area (Å²) in [4.78, 5) is 49.4. The number of ether oxygens (including phenoxy) is 9. The molecule has 0 unspecified atom stereocenters. The number of carbonyl (C=O) groups is 3. The molecule has 3 fully saturated rings. The number of aliphatic hydroxyl groups is 10. The number of benzene rings is 3. The number of phenolic OH excluding ortho intramolecular Hbond substituents is 2. The number of rotatable bonds is 17. The van der Waals surface area contributed by atoms with Gasteiger partial charge in [0.25, 0.3) is 0 Å². The number of hydrogen-bond donors (Lipinski definition) is 13. The van der Waals surface area contributed by atoms with Crippen molar-refractivity contribution in [3.05, 3.63) is 76.5 Å². The molecule has 7 rings (SSSR count). The molecule has 0 radical (unpaired) electrons. The van der Waals surface area contributed by atoms with Crippen LogP contribution >= 0.6 is 0 Å².